The number of aromatic nitrogens is 3. The molecule has 18 heavy (non-hydrogen) atoms. The van der Waals surface area contributed by atoms with Crippen LogP contribution >= 0.6 is 15.9 Å². The van der Waals surface area contributed by atoms with Crippen molar-refractivity contribution in [3.63, 3.8) is 0 Å². The number of rotatable bonds is 2. The molecule has 0 aromatic carbocycles. The van der Waals surface area contributed by atoms with Crippen LogP contribution in [-0.4, -0.2) is 15.0 Å². The maximum Gasteiger partial charge on any atom is 0.180 e. The summed E-state index contributed by atoms with van der Waals surface area (Å²) in [7, 11) is 0. The van der Waals surface area contributed by atoms with E-state index in [1.807, 2.05) is 19.1 Å². The van der Waals surface area contributed by atoms with Gasteiger partial charge in [-0.25, -0.2) is 9.97 Å². The largest absolute Gasteiger partial charge is 0.383 e. The van der Waals surface area contributed by atoms with Crippen LogP contribution in [0.3, 0.4) is 0 Å². The summed E-state index contributed by atoms with van der Waals surface area (Å²) in [5.74, 6) is 1.30. The first-order valence-electron chi connectivity index (χ1n) is 5.75. The molecule has 0 atom stereocenters. The number of halogens is 1. The van der Waals surface area contributed by atoms with Gasteiger partial charge in [0.2, 0.25) is 0 Å². The Balaban J connectivity index is 2.63. The van der Waals surface area contributed by atoms with E-state index in [1.165, 1.54) is 0 Å². The third kappa shape index (κ3) is 2.36. The molecule has 5 heteroatoms. The molecule has 0 bridgehead atoms. The molecular weight excluding hydrogens is 292 g/mol. The van der Waals surface area contributed by atoms with E-state index in [4.69, 9.17) is 5.73 Å². The Morgan fingerprint density at radius 3 is 2.61 bits per heavy atom. The van der Waals surface area contributed by atoms with Crippen LogP contribution in [0.25, 0.3) is 11.5 Å². The Morgan fingerprint density at radius 2 is 2.00 bits per heavy atom. The maximum atomic E-state index is 5.92. The predicted octanol–water partition coefficient (Wildman–Crippen LogP) is 3.32. The number of anilines is 1. The summed E-state index contributed by atoms with van der Waals surface area (Å²) in [5.41, 5.74) is 8.64. The molecule has 0 aliphatic heterocycles. The molecule has 2 aromatic heterocycles. The predicted molar refractivity (Wildman–Crippen MR) is 76.2 cm³/mol. The van der Waals surface area contributed by atoms with Gasteiger partial charge in [0.1, 0.15) is 11.5 Å². The third-order valence-corrected chi connectivity index (χ3v) is 3.48. The van der Waals surface area contributed by atoms with Gasteiger partial charge in [0, 0.05) is 6.20 Å². The van der Waals surface area contributed by atoms with Crippen molar-refractivity contribution >= 4 is 21.7 Å². The van der Waals surface area contributed by atoms with E-state index in [9.17, 15) is 0 Å². The summed E-state index contributed by atoms with van der Waals surface area (Å²) in [5, 5.41) is 0. The number of hydrogen-bond acceptors (Lipinski definition) is 4. The van der Waals surface area contributed by atoms with Crippen molar-refractivity contribution < 1.29 is 0 Å². The zero-order valence-electron chi connectivity index (χ0n) is 10.6. The van der Waals surface area contributed by atoms with Crippen LogP contribution in [0.15, 0.2) is 22.8 Å². The molecule has 0 radical (unpaired) electrons. The highest BCUT2D eigenvalue weighted by Gasteiger charge is 2.15. The van der Waals surface area contributed by atoms with E-state index in [1.54, 1.807) is 6.20 Å². The van der Waals surface area contributed by atoms with Crippen LogP contribution in [0.5, 0.6) is 0 Å². The van der Waals surface area contributed by atoms with Gasteiger partial charge in [-0.1, -0.05) is 19.9 Å². The molecule has 2 N–H and O–H groups in total. The number of hydrogen-bond donors (Lipinski definition) is 1. The Labute approximate surface area is 115 Å². The van der Waals surface area contributed by atoms with Crippen molar-refractivity contribution in [3.8, 4) is 11.5 Å². The van der Waals surface area contributed by atoms with Gasteiger partial charge in [0.05, 0.1) is 10.2 Å². The van der Waals surface area contributed by atoms with Crippen LogP contribution in [0.4, 0.5) is 5.82 Å². The van der Waals surface area contributed by atoms with Crippen LogP contribution in [0.1, 0.15) is 31.0 Å². The van der Waals surface area contributed by atoms with Gasteiger partial charge in [0.25, 0.3) is 0 Å². The summed E-state index contributed by atoms with van der Waals surface area (Å²) >= 11 is 3.44. The van der Waals surface area contributed by atoms with Crippen LogP contribution in [0.2, 0.25) is 0 Å². The lowest BCUT2D eigenvalue weighted by Crippen LogP contribution is -2.05. The first kappa shape index (κ1) is 13.0. The SMILES string of the molecule is Cc1cccnc1-c1nc(N)c(Br)c(C(C)C)n1. The molecule has 0 unspecified atom stereocenters. The summed E-state index contributed by atoms with van der Waals surface area (Å²) in [6, 6.07) is 3.88. The molecular formula is C13H15BrN4. The summed E-state index contributed by atoms with van der Waals surface area (Å²) < 4.78 is 0.773. The Morgan fingerprint density at radius 1 is 1.28 bits per heavy atom. The maximum absolute atomic E-state index is 5.92. The minimum atomic E-state index is 0.271. The standard InChI is InChI=1S/C13H15BrN4/c1-7(2)10-9(14)12(15)18-13(17-10)11-8(3)5-4-6-16-11/h4-7H,1-3H3,(H2,15,17,18). The Hall–Kier alpha value is -1.49. The third-order valence-electron chi connectivity index (χ3n) is 2.67. The van der Waals surface area contributed by atoms with Crippen LogP contribution in [0, 0.1) is 6.92 Å². The average molecular weight is 307 g/mol. The minimum Gasteiger partial charge on any atom is -0.383 e. The second-order valence-corrected chi connectivity index (χ2v) is 5.25. The molecule has 0 saturated carbocycles. The zero-order valence-corrected chi connectivity index (χ0v) is 12.2. The fourth-order valence-corrected chi connectivity index (χ4v) is 2.33. The van der Waals surface area contributed by atoms with Gasteiger partial charge in [-0.3, -0.25) is 4.98 Å². The molecule has 2 rings (SSSR count). The van der Waals surface area contributed by atoms with Gasteiger partial charge >= 0.3 is 0 Å². The zero-order chi connectivity index (χ0) is 13.3. The Bertz CT molecular complexity index is 581. The van der Waals surface area contributed by atoms with Crippen molar-refractivity contribution in [3.05, 3.63) is 34.1 Å². The first-order valence-corrected chi connectivity index (χ1v) is 6.55. The number of nitrogens with two attached hydrogens (primary N) is 1. The van der Waals surface area contributed by atoms with E-state index < -0.39 is 0 Å². The van der Waals surface area contributed by atoms with E-state index in [0.717, 1.165) is 21.4 Å². The summed E-state index contributed by atoms with van der Waals surface area (Å²) in [6.45, 7) is 6.13. The quantitative estimate of drug-likeness (QED) is 0.924. The van der Waals surface area contributed by atoms with E-state index in [0.29, 0.717) is 11.6 Å². The smallest absolute Gasteiger partial charge is 0.180 e. The molecule has 4 nitrogen and oxygen atoms in total. The van der Waals surface area contributed by atoms with Crippen molar-refractivity contribution in [1.82, 2.24) is 15.0 Å². The lowest BCUT2D eigenvalue weighted by Gasteiger charge is -2.12. The number of nitrogens with zero attached hydrogens (tertiary/aromatic N) is 3. The molecule has 0 aliphatic rings. The molecule has 0 amide bonds. The van der Waals surface area contributed by atoms with Crippen molar-refractivity contribution in [1.29, 1.82) is 0 Å². The van der Waals surface area contributed by atoms with E-state index in [2.05, 4.69) is 44.7 Å². The topological polar surface area (TPSA) is 64.7 Å². The van der Waals surface area contributed by atoms with Crippen molar-refractivity contribution in [2.24, 2.45) is 0 Å². The van der Waals surface area contributed by atoms with E-state index >= 15 is 0 Å². The van der Waals surface area contributed by atoms with E-state index in [-0.39, 0.29) is 5.92 Å². The second kappa shape index (κ2) is 5.02. The first-order chi connectivity index (χ1) is 8.50. The molecule has 0 saturated heterocycles. The lowest BCUT2D eigenvalue weighted by atomic mass is 10.1. The molecule has 94 valence electrons. The highest BCUT2D eigenvalue weighted by atomic mass is 79.9. The van der Waals surface area contributed by atoms with Crippen LogP contribution < -0.4 is 5.73 Å². The summed E-state index contributed by atoms with van der Waals surface area (Å²) in [6.07, 6.45) is 1.74. The second-order valence-electron chi connectivity index (χ2n) is 4.46. The van der Waals surface area contributed by atoms with Gasteiger partial charge in [-0.05, 0) is 40.4 Å². The molecule has 0 fully saturated rings. The summed E-state index contributed by atoms with van der Waals surface area (Å²) in [4.78, 5) is 13.2. The molecule has 0 aliphatic carbocycles. The van der Waals surface area contributed by atoms with Gasteiger partial charge in [0.15, 0.2) is 5.82 Å². The highest BCUT2D eigenvalue weighted by molar-refractivity contribution is 9.10. The number of nitrogen functional groups attached to an aromatic ring is 1. The molecule has 2 heterocycles. The monoisotopic (exact) mass is 306 g/mol. The van der Waals surface area contributed by atoms with Gasteiger partial charge < -0.3 is 5.73 Å². The fraction of sp³-hybridized carbons (Fsp3) is 0.308. The Kier molecular flexibility index (Phi) is 3.61. The van der Waals surface area contributed by atoms with Gasteiger partial charge in [-0.2, -0.15) is 0 Å². The van der Waals surface area contributed by atoms with Crippen molar-refractivity contribution in [2.45, 2.75) is 26.7 Å². The molecule has 0 spiro atoms. The number of aryl methyl sites for hydroxylation is 1. The van der Waals surface area contributed by atoms with Crippen LogP contribution in [-0.2, 0) is 0 Å². The minimum absolute atomic E-state index is 0.271. The average Bonchev–Trinajstić information content (AvgIpc) is 2.33. The van der Waals surface area contributed by atoms with Gasteiger partial charge in [-0.15, -0.1) is 0 Å². The van der Waals surface area contributed by atoms with Crippen molar-refractivity contribution in [2.75, 3.05) is 5.73 Å². The highest BCUT2D eigenvalue weighted by Crippen LogP contribution is 2.29. The normalized spacial score (nSPS) is 10.9. The molecule has 2 aromatic rings. The number of pyridine rings is 1. The fourth-order valence-electron chi connectivity index (χ4n) is 1.69. The lowest BCUT2D eigenvalue weighted by molar-refractivity contribution is 0.810.